The number of hydrogen-bond donors (Lipinski definition) is 0. The molecule has 0 spiro atoms. The lowest BCUT2D eigenvalue weighted by atomic mass is 9.78. The molecule has 0 unspecified atom stereocenters. The fourth-order valence-corrected chi connectivity index (χ4v) is 2.88. The van der Waals surface area contributed by atoms with E-state index in [-0.39, 0.29) is 11.2 Å². The third-order valence-electron chi connectivity index (χ3n) is 3.82. The minimum atomic E-state index is -0.0295. The van der Waals surface area contributed by atoms with E-state index in [0.717, 1.165) is 0 Å². The first-order valence-corrected chi connectivity index (χ1v) is 6.61. The van der Waals surface area contributed by atoms with Gasteiger partial charge in [-0.3, -0.25) is 4.79 Å². The smallest absolute Gasteiger partial charge is 0.130 e. The molecule has 1 nitrogen and oxygen atoms in total. The number of carbonyl (C=O) groups is 1. The topological polar surface area (TPSA) is 17.1 Å². The van der Waals surface area contributed by atoms with E-state index in [0.29, 0.717) is 6.42 Å². The van der Waals surface area contributed by atoms with Crippen molar-refractivity contribution in [1.82, 2.24) is 0 Å². The van der Waals surface area contributed by atoms with Gasteiger partial charge < -0.3 is 0 Å². The Morgan fingerprint density at radius 1 is 1.18 bits per heavy atom. The normalized spacial score (nSPS) is 15.5. The Bertz CT molecular complexity index is 429. The van der Waals surface area contributed by atoms with Gasteiger partial charge in [0.15, 0.2) is 0 Å². The Labute approximate surface area is 104 Å². The molecule has 0 aromatic heterocycles. The van der Waals surface area contributed by atoms with E-state index in [1.807, 2.05) is 0 Å². The van der Waals surface area contributed by atoms with Crippen LogP contribution in [0.25, 0.3) is 0 Å². The third kappa shape index (κ3) is 2.77. The summed E-state index contributed by atoms with van der Waals surface area (Å²) in [6, 6.07) is 6.82. The van der Waals surface area contributed by atoms with Crippen LogP contribution in [-0.4, -0.2) is 5.78 Å². The van der Waals surface area contributed by atoms with E-state index >= 15 is 0 Å². The molecular formula is C16H22O. The summed E-state index contributed by atoms with van der Waals surface area (Å²) in [5, 5.41) is 0. The molecule has 1 aliphatic rings. The van der Waals surface area contributed by atoms with Gasteiger partial charge in [-0.15, -0.1) is 0 Å². The van der Waals surface area contributed by atoms with Gasteiger partial charge in [0.1, 0.15) is 5.78 Å². The fourth-order valence-electron chi connectivity index (χ4n) is 2.88. The first-order valence-electron chi connectivity index (χ1n) is 6.61. The number of benzene rings is 1. The zero-order chi connectivity index (χ0) is 12.5. The lowest BCUT2D eigenvalue weighted by Gasteiger charge is -2.26. The molecule has 0 saturated heterocycles. The molecule has 0 N–H and O–H groups in total. The molecule has 0 amide bonds. The fraction of sp³-hybridized carbons (Fsp3) is 0.562. The van der Waals surface area contributed by atoms with Crippen molar-refractivity contribution in [1.29, 1.82) is 0 Å². The van der Waals surface area contributed by atoms with Crippen LogP contribution < -0.4 is 0 Å². The largest absolute Gasteiger partial charge is 0.300 e. The van der Waals surface area contributed by atoms with Gasteiger partial charge in [0.05, 0.1) is 0 Å². The molecule has 1 heteroatoms. The molecule has 0 aliphatic heterocycles. The van der Waals surface area contributed by atoms with Gasteiger partial charge in [0.2, 0.25) is 0 Å². The van der Waals surface area contributed by atoms with Crippen molar-refractivity contribution < 1.29 is 4.79 Å². The molecule has 0 heterocycles. The summed E-state index contributed by atoms with van der Waals surface area (Å²) in [4.78, 5) is 11.3. The highest BCUT2D eigenvalue weighted by Crippen LogP contribution is 2.31. The SMILES string of the molecule is CC(=O)CC(C)(C)c1ccc2c(c1)CCCC2. The third-order valence-corrected chi connectivity index (χ3v) is 3.82. The van der Waals surface area contributed by atoms with E-state index in [2.05, 4.69) is 32.0 Å². The standard InChI is InChI=1S/C16H22O/c1-12(17)11-16(2,3)15-9-8-13-6-4-5-7-14(13)10-15/h8-10H,4-7,11H2,1-3H3. The Hall–Kier alpha value is -1.11. The summed E-state index contributed by atoms with van der Waals surface area (Å²) in [5.74, 6) is 0.271. The molecule has 1 aliphatic carbocycles. The van der Waals surface area contributed by atoms with Crippen molar-refractivity contribution in [2.75, 3.05) is 0 Å². The summed E-state index contributed by atoms with van der Waals surface area (Å²) >= 11 is 0. The van der Waals surface area contributed by atoms with Crippen LogP contribution in [0.3, 0.4) is 0 Å². The lowest BCUT2D eigenvalue weighted by molar-refractivity contribution is -0.118. The molecule has 0 atom stereocenters. The molecular weight excluding hydrogens is 208 g/mol. The van der Waals surface area contributed by atoms with Crippen LogP contribution in [0.15, 0.2) is 18.2 Å². The molecule has 1 aromatic rings. The number of Topliss-reactive ketones (excluding diaryl/α,β-unsaturated/α-hetero) is 1. The second-order valence-electron chi connectivity index (χ2n) is 5.95. The second kappa shape index (κ2) is 4.64. The maximum absolute atomic E-state index is 11.3. The van der Waals surface area contributed by atoms with E-state index in [9.17, 15) is 4.79 Å². The zero-order valence-electron chi connectivity index (χ0n) is 11.2. The highest BCUT2D eigenvalue weighted by atomic mass is 16.1. The number of carbonyl (C=O) groups excluding carboxylic acids is 1. The van der Waals surface area contributed by atoms with Crippen molar-refractivity contribution in [3.05, 3.63) is 34.9 Å². The maximum atomic E-state index is 11.3. The molecule has 0 bridgehead atoms. The van der Waals surface area contributed by atoms with E-state index in [4.69, 9.17) is 0 Å². The molecule has 0 fully saturated rings. The van der Waals surface area contributed by atoms with Crippen LogP contribution in [-0.2, 0) is 23.1 Å². The van der Waals surface area contributed by atoms with Crippen molar-refractivity contribution in [2.24, 2.45) is 0 Å². The summed E-state index contributed by atoms with van der Waals surface area (Å²) < 4.78 is 0. The van der Waals surface area contributed by atoms with Gasteiger partial charge >= 0.3 is 0 Å². The van der Waals surface area contributed by atoms with Gasteiger partial charge in [-0.1, -0.05) is 32.0 Å². The predicted molar refractivity (Wildman–Crippen MR) is 71.4 cm³/mol. The van der Waals surface area contributed by atoms with Crippen molar-refractivity contribution in [2.45, 2.75) is 58.3 Å². The Balaban J connectivity index is 2.30. The zero-order valence-corrected chi connectivity index (χ0v) is 11.2. The summed E-state index contributed by atoms with van der Waals surface area (Å²) in [7, 11) is 0. The van der Waals surface area contributed by atoms with E-state index < -0.39 is 0 Å². The lowest BCUT2D eigenvalue weighted by Crippen LogP contribution is -2.21. The van der Waals surface area contributed by atoms with E-state index in [1.165, 1.54) is 42.4 Å². The average Bonchev–Trinajstić information content (AvgIpc) is 2.26. The second-order valence-corrected chi connectivity index (χ2v) is 5.95. The van der Waals surface area contributed by atoms with Crippen molar-refractivity contribution >= 4 is 5.78 Å². The number of rotatable bonds is 3. The minimum absolute atomic E-state index is 0.0295. The highest BCUT2D eigenvalue weighted by Gasteiger charge is 2.23. The molecule has 0 saturated carbocycles. The van der Waals surface area contributed by atoms with Gasteiger partial charge in [-0.25, -0.2) is 0 Å². The Kier molecular flexibility index (Phi) is 3.37. The van der Waals surface area contributed by atoms with Crippen LogP contribution in [0, 0.1) is 0 Å². The van der Waals surface area contributed by atoms with Crippen LogP contribution in [0.1, 0.15) is 56.7 Å². The highest BCUT2D eigenvalue weighted by molar-refractivity contribution is 5.77. The average molecular weight is 230 g/mol. The Morgan fingerprint density at radius 3 is 2.47 bits per heavy atom. The predicted octanol–water partition coefficient (Wildman–Crippen LogP) is 3.82. The van der Waals surface area contributed by atoms with E-state index in [1.54, 1.807) is 6.92 Å². The van der Waals surface area contributed by atoms with Crippen LogP contribution in [0.4, 0.5) is 0 Å². The van der Waals surface area contributed by atoms with Gasteiger partial charge in [0, 0.05) is 6.42 Å². The minimum Gasteiger partial charge on any atom is -0.300 e. The summed E-state index contributed by atoms with van der Waals surface area (Å²) in [5.41, 5.74) is 4.30. The molecule has 92 valence electrons. The molecule has 0 radical (unpaired) electrons. The summed E-state index contributed by atoms with van der Waals surface area (Å²) in [6.07, 6.45) is 5.70. The monoisotopic (exact) mass is 230 g/mol. The quantitative estimate of drug-likeness (QED) is 0.771. The number of aryl methyl sites for hydroxylation is 2. The Morgan fingerprint density at radius 2 is 1.82 bits per heavy atom. The van der Waals surface area contributed by atoms with Gasteiger partial charge in [0.25, 0.3) is 0 Å². The molecule has 2 rings (SSSR count). The van der Waals surface area contributed by atoms with Crippen LogP contribution >= 0.6 is 0 Å². The number of fused-ring (bicyclic) bond motifs is 1. The van der Waals surface area contributed by atoms with Gasteiger partial charge in [-0.05, 0) is 54.7 Å². The van der Waals surface area contributed by atoms with Crippen LogP contribution in [0.2, 0.25) is 0 Å². The van der Waals surface area contributed by atoms with Crippen molar-refractivity contribution in [3.63, 3.8) is 0 Å². The number of ketones is 1. The first kappa shape index (κ1) is 12.3. The first-order chi connectivity index (χ1) is 7.99. The van der Waals surface area contributed by atoms with Gasteiger partial charge in [-0.2, -0.15) is 0 Å². The van der Waals surface area contributed by atoms with Crippen LogP contribution in [0.5, 0.6) is 0 Å². The van der Waals surface area contributed by atoms with Crippen molar-refractivity contribution in [3.8, 4) is 0 Å². The molecule has 1 aromatic carbocycles. The molecule has 17 heavy (non-hydrogen) atoms. The maximum Gasteiger partial charge on any atom is 0.130 e. The summed E-state index contributed by atoms with van der Waals surface area (Å²) in [6.45, 7) is 6.01. The number of hydrogen-bond acceptors (Lipinski definition) is 1.